The van der Waals surface area contributed by atoms with Crippen LogP contribution in [0.1, 0.15) is 5.56 Å². The van der Waals surface area contributed by atoms with Crippen molar-refractivity contribution < 1.29 is 13.2 Å². The first-order valence-corrected chi connectivity index (χ1v) is 6.20. The number of rotatable bonds is 1. The average molecular weight is 248 g/mol. The molecule has 0 fully saturated rings. The quantitative estimate of drug-likeness (QED) is 0.662. The molecule has 0 atom stereocenters. The largest absolute Gasteiger partial charge is 0.417 e. The van der Waals surface area contributed by atoms with Crippen LogP contribution in [-0.2, 0) is 6.18 Å². The maximum atomic E-state index is 12.6. The fourth-order valence-electron chi connectivity index (χ4n) is 1.39. The van der Waals surface area contributed by atoms with Gasteiger partial charge in [-0.1, -0.05) is 6.07 Å². The van der Waals surface area contributed by atoms with Crippen molar-refractivity contribution in [1.29, 1.82) is 0 Å². The molecule has 80 valence electrons. The van der Waals surface area contributed by atoms with Gasteiger partial charge in [0.25, 0.3) is 0 Å². The van der Waals surface area contributed by atoms with Crippen molar-refractivity contribution in [3.8, 4) is 0 Å². The summed E-state index contributed by atoms with van der Waals surface area (Å²) in [5.74, 6) is 0. The minimum Gasteiger partial charge on any atom is -0.166 e. The Morgan fingerprint density at radius 2 is 2.00 bits per heavy atom. The van der Waals surface area contributed by atoms with E-state index in [4.69, 9.17) is 0 Å². The molecule has 15 heavy (non-hydrogen) atoms. The van der Waals surface area contributed by atoms with Gasteiger partial charge >= 0.3 is 6.18 Å². The van der Waals surface area contributed by atoms with Gasteiger partial charge in [-0.15, -0.1) is 23.1 Å². The molecule has 0 bridgehead atoms. The van der Waals surface area contributed by atoms with Crippen LogP contribution in [0.15, 0.2) is 28.5 Å². The number of thioether (sulfide) groups is 1. The number of thiophene rings is 1. The predicted octanol–water partition coefficient (Wildman–Crippen LogP) is 4.64. The van der Waals surface area contributed by atoms with Gasteiger partial charge in [0.05, 0.1) is 9.77 Å². The second-order valence-corrected chi connectivity index (χ2v) is 5.17. The zero-order valence-electron chi connectivity index (χ0n) is 7.76. The maximum Gasteiger partial charge on any atom is 0.417 e. The lowest BCUT2D eigenvalue weighted by Crippen LogP contribution is -2.04. The summed E-state index contributed by atoms with van der Waals surface area (Å²) in [5.41, 5.74) is -0.545. The van der Waals surface area contributed by atoms with E-state index >= 15 is 0 Å². The van der Waals surface area contributed by atoms with E-state index in [1.807, 2.05) is 6.26 Å². The van der Waals surface area contributed by atoms with Crippen molar-refractivity contribution in [2.45, 2.75) is 10.4 Å². The van der Waals surface area contributed by atoms with E-state index in [1.165, 1.54) is 29.2 Å². The Bertz CT molecular complexity index is 485. The lowest BCUT2D eigenvalue weighted by Gasteiger charge is -2.06. The fraction of sp³-hybridized carbons (Fsp3) is 0.200. The smallest absolute Gasteiger partial charge is 0.166 e. The SMILES string of the molecule is CSc1cc2c(C(F)(F)F)cccc2s1. The van der Waals surface area contributed by atoms with E-state index in [1.54, 1.807) is 12.1 Å². The van der Waals surface area contributed by atoms with Crippen molar-refractivity contribution in [1.82, 2.24) is 0 Å². The van der Waals surface area contributed by atoms with Crippen molar-refractivity contribution >= 4 is 33.2 Å². The van der Waals surface area contributed by atoms with Crippen LogP contribution in [0, 0.1) is 0 Å². The van der Waals surface area contributed by atoms with Crippen LogP contribution >= 0.6 is 23.1 Å². The molecule has 0 radical (unpaired) electrons. The van der Waals surface area contributed by atoms with E-state index in [0.29, 0.717) is 10.1 Å². The number of hydrogen-bond acceptors (Lipinski definition) is 2. The molecule has 0 amide bonds. The van der Waals surface area contributed by atoms with E-state index in [9.17, 15) is 13.2 Å². The molecule has 0 aliphatic rings. The molecule has 0 N–H and O–H groups in total. The first-order valence-electron chi connectivity index (χ1n) is 4.16. The van der Waals surface area contributed by atoms with E-state index in [0.717, 1.165) is 10.3 Å². The summed E-state index contributed by atoms with van der Waals surface area (Å²) in [5, 5.41) is 0.305. The Labute approximate surface area is 93.1 Å². The number of hydrogen-bond donors (Lipinski definition) is 0. The zero-order chi connectivity index (χ0) is 11.1. The third-order valence-corrected chi connectivity index (χ3v) is 4.21. The molecule has 0 aliphatic carbocycles. The zero-order valence-corrected chi connectivity index (χ0v) is 9.39. The average Bonchev–Trinajstić information content (AvgIpc) is 2.57. The summed E-state index contributed by atoms with van der Waals surface area (Å²) < 4.78 is 39.5. The summed E-state index contributed by atoms with van der Waals surface area (Å²) >= 11 is 2.86. The Kier molecular flexibility index (Phi) is 2.68. The second kappa shape index (κ2) is 3.72. The highest BCUT2D eigenvalue weighted by molar-refractivity contribution is 8.00. The molecule has 1 aromatic heterocycles. The highest BCUT2D eigenvalue weighted by atomic mass is 32.2. The topological polar surface area (TPSA) is 0 Å². The van der Waals surface area contributed by atoms with E-state index in [-0.39, 0.29) is 0 Å². The molecule has 2 aromatic rings. The summed E-state index contributed by atoms with van der Waals surface area (Å²) in [7, 11) is 0. The van der Waals surface area contributed by atoms with Crippen LogP contribution in [-0.4, -0.2) is 6.26 Å². The molecular weight excluding hydrogens is 241 g/mol. The second-order valence-electron chi connectivity index (χ2n) is 2.98. The molecular formula is C10H7F3S2. The third kappa shape index (κ3) is 1.99. The Morgan fingerprint density at radius 3 is 2.60 bits per heavy atom. The van der Waals surface area contributed by atoms with Crippen LogP contribution in [0.4, 0.5) is 13.2 Å². The lowest BCUT2D eigenvalue weighted by molar-refractivity contribution is -0.136. The van der Waals surface area contributed by atoms with Crippen molar-refractivity contribution in [3.05, 3.63) is 29.8 Å². The van der Waals surface area contributed by atoms with Crippen molar-refractivity contribution in [2.24, 2.45) is 0 Å². The first kappa shape index (κ1) is 10.8. The molecule has 0 saturated heterocycles. The van der Waals surface area contributed by atoms with Gasteiger partial charge in [-0.3, -0.25) is 0 Å². The summed E-state index contributed by atoms with van der Waals surface area (Å²) in [4.78, 5) is 0. The lowest BCUT2D eigenvalue weighted by atomic mass is 10.1. The van der Waals surface area contributed by atoms with Crippen LogP contribution in [0.5, 0.6) is 0 Å². The standard InChI is InChI=1S/C10H7F3S2/c1-14-9-5-6-7(10(11,12)13)3-2-4-8(6)15-9/h2-5H,1H3. The monoisotopic (exact) mass is 248 g/mol. The van der Waals surface area contributed by atoms with Crippen LogP contribution in [0.3, 0.4) is 0 Å². The minimum atomic E-state index is -4.27. The maximum absolute atomic E-state index is 12.6. The first-order chi connectivity index (χ1) is 7.02. The minimum absolute atomic E-state index is 0.305. The third-order valence-electron chi connectivity index (χ3n) is 2.05. The highest BCUT2D eigenvalue weighted by Crippen LogP contribution is 2.39. The molecule has 0 spiro atoms. The van der Waals surface area contributed by atoms with Gasteiger partial charge in [0.1, 0.15) is 0 Å². The Balaban J connectivity index is 2.70. The Morgan fingerprint density at radius 1 is 1.27 bits per heavy atom. The van der Waals surface area contributed by atoms with Gasteiger partial charge in [0.15, 0.2) is 0 Å². The number of halogens is 3. The molecule has 0 unspecified atom stereocenters. The van der Waals surface area contributed by atoms with Crippen LogP contribution < -0.4 is 0 Å². The van der Waals surface area contributed by atoms with Gasteiger partial charge in [-0.05, 0) is 24.5 Å². The number of benzene rings is 1. The van der Waals surface area contributed by atoms with Gasteiger partial charge in [-0.25, -0.2) is 0 Å². The molecule has 2 rings (SSSR count). The normalized spacial score (nSPS) is 12.3. The van der Waals surface area contributed by atoms with E-state index in [2.05, 4.69) is 0 Å². The summed E-state index contributed by atoms with van der Waals surface area (Å²) in [6, 6.07) is 5.90. The van der Waals surface area contributed by atoms with Gasteiger partial charge in [0.2, 0.25) is 0 Å². The molecule has 5 heteroatoms. The molecule has 1 aromatic carbocycles. The Hall–Kier alpha value is -0.680. The number of fused-ring (bicyclic) bond motifs is 1. The van der Waals surface area contributed by atoms with E-state index < -0.39 is 11.7 Å². The molecule has 0 nitrogen and oxygen atoms in total. The molecule has 0 saturated carbocycles. The predicted molar refractivity (Wildman–Crippen MR) is 58.6 cm³/mol. The van der Waals surface area contributed by atoms with Gasteiger partial charge < -0.3 is 0 Å². The van der Waals surface area contributed by atoms with Gasteiger partial charge in [0, 0.05) is 10.1 Å². The summed E-state index contributed by atoms with van der Waals surface area (Å²) in [6.07, 6.45) is -2.41. The van der Waals surface area contributed by atoms with Crippen molar-refractivity contribution in [3.63, 3.8) is 0 Å². The highest BCUT2D eigenvalue weighted by Gasteiger charge is 2.32. The van der Waals surface area contributed by atoms with Crippen LogP contribution in [0.25, 0.3) is 10.1 Å². The molecule has 0 aliphatic heterocycles. The molecule has 1 heterocycles. The number of alkyl halides is 3. The summed E-state index contributed by atoms with van der Waals surface area (Å²) in [6.45, 7) is 0. The van der Waals surface area contributed by atoms with Gasteiger partial charge in [-0.2, -0.15) is 13.2 Å². The van der Waals surface area contributed by atoms with Crippen LogP contribution in [0.2, 0.25) is 0 Å². The fourth-order valence-corrected chi connectivity index (χ4v) is 3.04. The van der Waals surface area contributed by atoms with Crippen molar-refractivity contribution in [2.75, 3.05) is 6.26 Å².